The van der Waals surface area contributed by atoms with Crippen molar-refractivity contribution < 1.29 is 41.9 Å². The number of carbonyl (C=O) groups is 4. The maximum absolute atomic E-state index is 13.1. The summed E-state index contributed by atoms with van der Waals surface area (Å²) in [7, 11) is -5.63. The van der Waals surface area contributed by atoms with Crippen LogP contribution in [-0.2, 0) is 43.4 Å². The zero-order valence-electron chi connectivity index (χ0n) is 29.4. The Morgan fingerprint density at radius 3 is 1.54 bits per heavy atom. The minimum absolute atomic E-state index is 0.00457. The van der Waals surface area contributed by atoms with E-state index in [1.807, 2.05) is 55.4 Å². The summed E-state index contributed by atoms with van der Waals surface area (Å²) in [6, 6.07) is -0.568. The number of hydroxylamine groups is 2. The fraction of sp³-hybridized carbons (Fsp3) is 0.750. The standard InChI is InChI=1S/C17H31N3O4S.C15H20N2O5S/c1-16(2)5-6-17(3,4)14-25(22,13-16)20-15(21)19-8-10-24-12-11-23-9-7-18;1-14(2)7-8-15(3,4)10-23(21,9-14)16-13(20)22-17-11(18)5-6-12(17)19/h7-14,18H2,1-4H3,(H,19,21);5-6,9-10H2,1-4H3. The summed E-state index contributed by atoms with van der Waals surface area (Å²) in [5, 5.41) is 3.02. The van der Waals surface area contributed by atoms with Crippen molar-refractivity contribution >= 4 is 43.4 Å². The van der Waals surface area contributed by atoms with Gasteiger partial charge in [-0.1, -0.05) is 23.7 Å². The molecule has 1 fully saturated rings. The van der Waals surface area contributed by atoms with E-state index in [0.29, 0.717) is 56.1 Å². The number of urea groups is 1. The molecule has 270 valence electrons. The molecule has 1 saturated heterocycles. The van der Waals surface area contributed by atoms with E-state index in [1.54, 1.807) is 0 Å². The molecule has 14 nitrogen and oxygen atoms in total. The van der Waals surface area contributed by atoms with Crippen molar-refractivity contribution in [3.05, 3.63) is 0 Å². The molecule has 0 saturated carbocycles. The summed E-state index contributed by atoms with van der Waals surface area (Å²) in [6.07, 6.45) is -1.20. The molecular weight excluding hydrogens is 663 g/mol. The van der Waals surface area contributed by atoms with Gasteiger partial charge in [0, 0.05) is 70.6 Å². The van der Waals surface area contributed by atoms with Gasteiger partial charge in [0.25, 0.3) is 11.8 Å². The Morgan fingerprint density at radius 2 is 1.12 bits per heavy atom. The van der Waals surface area contributed by atoms with E-state index in [0.717, 1.165) is 0 Å². The quantitative estimate of drug-likeness (QED) is 0.204. The van der Waals surface area contributed by atoms with Crippen molar-refractivity contribution in [2.24, 2.45) is 36.1 Å². The maximum atomic E-state index is 13.1. The lowest BCUT2D eigenvalue weighted by Crippen LogP contribution is -2.32. The number of imide groups is 1. The molecule has 0 atom stereocenters. The van der Waals surface area contributed by atoms with E-state index >= 15 is 0 Å². The molecule has 3 rings (SSSR count). The van der Waals surface area contributed by atoms with E-state index in [2.05, 4.69) is 42.6 Å². The first-order valence-corrected chi connectivity index (χ1v) is 19.4. The lowest BCUT2D eigenvalue weighted by Gasteiger charge is -2.21. The molecule has 3 heterocycles. The Morgan fingerprint density at radius 1 is 0.729 bits per heavy atom. The Bertz CT molecular complexity index is 1540. The summed E-state index contributed by atoms with van der Waals surface area (Å²) in [6.45, 7) is 17.5. The first-order chi connectivity index (χ1) is 22.0. The Labute approximate surface area is 285 Å². The number of rotatable bonds is 9. The average molecular weight is 714 g/mol. The second-order valence-electron chi connectivity index (χ2n) is 14.5. The summed E-state index contributed by atoms with van der Waals surface area (Å²) in [5.74, 6) is 12.1. The fourth-order valence-corrected chi connectivity index (χ4v) is 10.9. The summed E-state index contributed by atoms with van der Waals surface area (Å²) >= 11 is 0. The van der Waals surface area contributed by atoms with Crippen LogP contribution in [0.4, 0.5) is 9.59 Å². The minimum atomic E-state index is -2.94. The van der Waals surface area contributed by atoms with E-state index in [9.17, 15) is 27.6 Å². The van der Waals surface area contributed by atoms with E-state index in [4.69, 9.17) is 15.2 Å². The van der Waals surface area contributed by atoms with Gasteiger partial charge in [-0.3, -0.25) is 9.59 Å². The van der Waals surface area contributed by atoms with Gasteiger partial charge in [0.15, 0.2) is 0 Å². The van der Waals surface area contributed by atoms with E-state index < -0.39 is 65.1 Å². The Kier molecular flexibility index (Phi) is 14.2. The predicted octanol–water partition coefficient (Wildman–Crippen LogP) is 2.95. The van der Waals surface area contributed by atoms with Crippen LogP contribution in [-0.4, -0.2) is 99.9 Å². The molecule has 48 heavy (non-hydrogen) atoms. The fourth-order valence-electron chi connectivity index (χ4n) is 5.01. The van der Waals surface area contributed by atoms with Gasteiger partial charge < -0.3 is 25.4 Å². The van der Waals surface area contributed by atoms with Gasteiger partial charge in [0.2, 0.25) is 0 Å². The van der Waals surface area contributed by atoms with Crippen LogP contribution in [0.5, 0.6) is 0 Å². The lowest BCUT2D eigenvalue weighted by molar-refractivity contribution is -0.170. The Hall–Kier alpha value is -3.02. The molecule has 3 aliphatic rings. The SMILES string of the molecule is CC1(C)C#CC(C)(C)CS(=O)(=NC(=O)NCCOCCOCCN)C1.CC1(C)C#CC(C)(C)CS(=O)(=NC(=O)ON2C(=O)CCC2=O)C1. The van der Waals surface area contributed by atoms with Crippen LogP contribution in [0.15, 0.2) is 8.73 Å². The number of nitrogens with two attached hydrogens (primary N) is 1. The number of hydrogen-bond donors (Lipinski definition) is 2. The number of amides is 5. The molecule has 0 aromatic carbocycles. The molecule has 0 bridgehead atoms. The highest BCUT2D eigenvalue weighted by atomic mass is 32.2. The zero-order valence-corrected chi connectivity index (χ0v) is 31.0. The van der Waals surface area contributed by atoms with Crippen LogP contribution >= 0.6 is 0 Å². The summed E-state index contributed by atoms with van der Waals surface area (Å²) in [5.41, 5.74) is 3.32. The van der Waals surface area contributed by atoms with E-state index in [1.165, 1.54) is 0 Å². The van der Waals surface area contributed by atoms with Crippen molar-refractivity contribution in [1.82, 2.24) is 10.4 Å². The smallest absolute Gasteiger partial charge is 0.378 e. The van der Waals surface area contributed by atoms with Crippen LogP contribution in [0.1, 0.15) is 68.2 Å². The topological polar surface area (TPSA) is 196 Å². The monoisotopic (exact) mass is 713 g/mol. The third-order valence-corrected chi connectivity index (χ3v) is 12.3. The first-order valence-electron chi connectivity index (χ1n) is 15.7. The molecule has 16 heteroatoms. The van der Waals surface area contributed by atoms with Gasteiger partial charge in [-0.05, 0) is 55.4 Å². The summed E-state index contributed by atoms with van der Waals surface area (Å²) in [4.78, 5) is 51.6. The number of nitrogens with zero attached hydrogens (tertiary/aromatic N) is 3. The van der Waals surface area contributed by atoms with Gasteiger partial charge in [-0.2, -0.15) is 0 Å². The van der Waals surface area contributed by atoms with Crippen molar-refractivity contribution in [2.75, 3.05) is 62.5 Å². The highest BCUT2D eigenvalue weighted by molar-refractivity contribution is 7.94. The third-order valence-electron chi connectivity index (χ3n) is 6.65. The molecule has 3 N–H and O–H groups in total. The molecular formula is C32H51N5O9S2. The van der Waals surface area contributed by atoms with Crippen LogP contribution in [0.25, 0.3) is 0 Å². The second-order valence-corrected chi connectivity index (χ2v) is 19.1. The molecule has 0 aromatic rings. The predicted molar refractivity (Wildman–Crippen MR) is 183 cm³/mol. The number of nitrogens with one attached hydrogen (secondary N) is 1. The lowest BCUT2D eigenvalue weighted by atomic mass is 9.92. The minimum Gasteiger partial charge on any atom is -0.378 e. The average Bonchev–Trinajstić information content (AvgIpc) is 3.13. The number of hydrogen-bond acceptors (Lipinski definition) is 10. The van der Waals surface area contributed by atoms with Gasteiger partial charge in [-0.25, -0.2) is 18.0 Å². The molecule has 5 amide bonds. The van der Waals surface area contributed by atoms with Crippen LogP contribution < -0.4 is 11.1 Å². The van der Waals surface area contributed by atoms with Gasteiger partial charge in [0.1, 0.15) is 0 Å². The molecule has 3 aliphatic heterocycles. The molecule has 0 spiro atoms. The first kappa shape index (κ1) is 41.2. The Balaban J connectivity index is 0.000000334. The molecule has 0 unspecified atom stereocenters. The van der Waals surface area contributed by atoms with Crippen molar-refractivity contribution in [3.63, 3.8) is 0 Å². The highest BCUT2D eigenvalue weighted by Gasteiger charge is 2.36. The van der Waals surface area contributed by atoms with Crippen LogP contribution in [0.2, 0.25) is 0 Å². The molecule has 0 radical (unpaired) electrons. The third kappa shape index (κ3) is 14.6. The van der Waals surface area contributed by atoms with Crippen molar-refractivity contribution in [3.8, 4) is 23.7 Å². The number of ether oxygens (including phenoxy) is 2. The second kappa shape index (κ2) is 16.6. The van der Waals surface area contributed by atoms with Gasteiger partial charge >= 0.3 is 12.1 Å². The van der Waals surface area contributed by atoms with Gasteiger partial charge in [-0.15, -0.1) is 13.8 Å². The maximum Gasteiger partial charge on any atom is 0.466 e. The summed E-state index contributed by atoms with van der Waals surface area (Å²) < 4.78 is 44.4. The van der Waals surface area contributed by atoms with Crippen molar-refractivity contribution in [2.45, 2.75) is 68.2 Å². The number of carbonyl (C=O) groups excluding carboxylic acids is 4. The van der Waals surface area contributed by atoms with E-state index in [-0.39, 0.29) is 24.3 Å². The molecule has 0 aliphatic carbocycles. The highest BCUT2D eigenvalue weighted by Crippen LogP contribution is 2.30. The van der Waals surface area contributed by atoms with Crippen LogP contribution in [0.3, 0.4) is 0 Å². The van der Waals surface area contributed by atoms with Crippen molar-refractivity contribution in [1.29, 1.82) is 0 Å². The van der Waals surface area contributed by atoms with Gasteiger partial charge in [0.05, 0.1) is 45.9 Å². The zero-order chi connectivity index (χ0) is 36.4. The normalized spacial score (nSPS) is 22.1. The molecule has 0 aromatic heterocycles. The largest absolute Gasteiger partial charge is 0.466 e. The van der Waals surface area contributed by atoms with Crippen LogP contribution in [0, 0.1) is 45.3 Å².